The van der Waals surface area contributed by atoms with Crippen LogP contribution in [0.3, 0.4) is 0 Å². The van der Waals surface area contributed by atoms with Crippen LogP contribution in [0.25, 0.3) is 16.9 Å². The van der Waals surface area contributed by atoms with Gasteiger partial charge in [0.1, 0.15) is 0 Å². The SMILES string of the molecule is C[Si](C)(C)OCOC1=CC(c2c3c(cc4c2[Si]4(C)C)-c2ccccc2[CH]3[Zr+2])c2ccccc21.[Cl-].[Cl-]. The molecule has 3 aromatic carbocycles. The molecule has 0 radical (unpaired) electrons. The first-order valence-corrected chi connectivity index (χ1v) is 19.6. The smallest absolute Gasteiger partial charge is 1.00 e. The summed E-state index contributed by atoms with van der Waals surface area (Å²) in [6, 6.07) is 20.4. The second kappa shape index (κ2) is 9.42. The average Bonchev–Trinajstić information content (AvgIpc) is 3.05. The van der Waals surface area contributed by atoms with Crippen molar-refractivity contribution in [2.75, 3.05) is 6.79 Å². The Hall–Kier alpha value is -0.943. The van der Waals surface area contributed by atoms with Crippen molar-refractivity contribution in [3.05, 3.63) is 88.5 Å². The summed E-state index contributed by atoms with van der Waals surface area (Å²) in [7, 11) is -3.10. The molecule has 1 heterocycles. The number of rotatable bonds is 5. The van der Waals surface area contributed by atoms with E-state index in [-0.39, 0.29) is 30.7 Å². The maximum absolute atomic E-state index is 6.26. The van der Waals surface area contributed by atoms with E-state index in [1.807, 2.05) is 0 Å². The van der Waals surface area contributed by atoms with Gasteiger partial charge in [0.05, 0.1) is 0 Å². The zero-order valence-electron chi connectivity index (χ0n) is 20.7. The third kappa shape index (κ3) is 4.31. The predicted octanol–water partition coefficient (Wildman–Crippen LogP) is -0.241. The summed E-state index contributed by atoms with van der Waals surface area (Å²) in [6.45, 7) is 12.0. The average molecular weight is 616 g/mol. The van der Waals surface area contributed by atoms with Gasteiger partial charge in [0.25, 0.3) is 0 Å². The van der Waals surface area contributed by atoms with Crippen LogP contribution >= 0.6 is 0 Å². The third-order valence-corrected chi connectivity index (χ3v) is 13.1. The number of benzene rings is 3. The summed E-state index contributed by atoms with van der Waals surface area (Å²) < 4.78 is 12.8. The van der Waals surface area contributed by atoms with Crippen molar-refractivity contribution in [1.29, 1.82) is 0 Å². The molecule has 3 aromatic rings. The fourth-order valence-electron chi connectivity index (χ4n) is 5.70. The topological polar surface area (TPSA) is 18.5 Å². The summed E-state index contributed by atoms with van der Waals surface area (Å²) >= 11 is 1.57. The normalized spacial score (nSPS) is 19.9. The quantitative estimate of drug-likeness (QED) is 0.292. The Balaban J connectivity index is 0.00000144. The van der Waals surface area contributed by atoms with Gasteiger partial charge in [0, 0.05) is 0 Å². The van der Waals surface area contributed by atoms with Crippen molar-refractivity contribution in [3.63, 3.8) is 0 Å². The molecule has 2 unspecified atom stereocenters. The van der Waals surface area contributed by atoms with E-state index < -0.39 is 16.4 Å². The second-order valence-electron chi connectivity index (χ2n) is 10.9. The number of fused-ring (bicyclic) bond motifs is 5. The number of ether oxygens (including phenoxy) is 1. The minimum atomic E-state index is -1.62. The van der Waals surface area contributed by atoms with E-state index in [9.17, 15) is 0 Å². The van der Waals surface area contributed by atoms with Gasteiger partial charge < -0.3 is 24.8 Å². The molecule has 0 amide bonds. The Morgan fingerprint density at radius 2 is 1.49 bits per heavy atom. The van der Waals surface area contributed by atoms with E-state index in [1.165, 1.54) is 27.8 Å². The monoisotopic (exact) mass is 613 g/mol. The molecule has 179 valence electrons. The Labute approximate surface area is 238 Å². The number of hydrogen-bond acceptors (Lipinski definition) is 2. The van der Waals surface area contributed by atoms with Crippen LogP contribution in [0.4, 0.5) is 0 Å². The zero-order valence-corrected chi connectivity index (χ0v) is 26.7. The molecular formula is C28H29Cl2O2Si2Zr. The summed E-state index contributed by atoms with van der Waals surface area (Å²) in [6.07, 6.45) is 2.38. The number of hydrogen-bond donors (Lipinski definition) is 0. The predicted molar refractivity (Wildman–Crippen MR) is 137 cm³/mol. The molecule has 0 bridgehead atoms. The van der Waals surface area contributed by atoms with Crippen LogP contribution in [0.5, 0.6) is 0 Å². The third-order valence-electron chi connectivity index (χ3n) is 7.39. The Morgan fingerprint density at radius 3 is 2.17 bits per heavy atom. The molecule has 1 aliphatic heterocycles. The van der Waals surface area contributed by atoms with Crippen LogP contribution in [-0.2, 0) is 33.9 Å². The van der Waals surface area contributed by atoms with Crippen molar-refractivity contribution in [2.45, 2.75) is 42.3 Å². The molecular weight excluding hydrogens is 587 g/mol. The van der Waals surface area contributed by atoms with Gasteiger partial charge in [-0.2, -0.15) is 0 Å². The van der Waals surface area contributed by atoms with Gasteiger partial charge in [-0.1, -0.05) is 0 Å². The van der Waals surface area contributed by atoms with Gasteiger partial charge in [-0.3, -0.25) is 0 Å². The van der Waals surface area contributed by atoms with Crippen molar-refractivity contribution in [2.24, 2.45) is 0 Å². The van der Waals surface area contributed by atoms with Crippen molar-refractivity contribution in [1.82, 2.24) is 0 Å². The molecule has 35 heavy (non-hydrogen) atoms. The standard InChI is InChI=1S/C28H29O2Si2.2ClH.Zr/c1-31(2,3)30-17-29-25-15-24(20-12-8-9-13-21(20)25)27-23-14-18-10-6-7-11-19(18)22(23)16-26-28(27)32(26,4)5;;;/h6-16,24H,17H2,1-5H3;2*1H;/q;;;+2/p-2. The van der Waals surface area contributed by atoms with Gasteiger partial charge in [-0.15, -0.1) is 0 Å². The molecule has 0 aromatic heterocycles. The van der Waals surface area contributed by atoms with E-state index >= 15 is 0 Å². The molecule has 0 spiro atoms. The summed E-state index contributed by atoms with van der Waals surface area (Å²) in [5.41, 5.74) is 10.2. The van der Waals surface area contributed by atoms with E-state index in [0.717, 1.165) is 5.76 Å². The van der Waals surface area contributed by atoms with Crippen LogP contribution < -0.4 is 35.2 Å². The fraction of sp³-hybridized carbons (Fsp3) is 0.286. The first-order chi connectivity index (χ1) is 15.7. The molecule has 3 aliphatic rings. The van der Waals surface area contributed by atoms with Crippen molar-refractivity contribution < 1.29 is 58.7 Å². The minimum Gasteiger partial charge on any atom is -1.00 e. The van der Waals surface area contributed by atoms with E-state index in [0.29, 0.717) is 10.4 Å². The molecule has 7 heteroatoms. The van der Waals surface area contributed by atoms with E-state index in [2.05, 4.69) is 93.4 Å². The van der Waals surface area contributed by atoms with Crippen LogP contribution in [0.1, 0.15) is 37.4 Å². The second-order valence-corrected chi connectivity index (χ2v) is 21.2. The first-order valence-electron chi connectivity index (χ1n) is 11.8. The molecule has 0 saturated heterocycles. The summed E-state index contributed by atoms with van der Waals surface area (Å²) in [5, 5.41) is 3.34. The van der Waals surface area contributed by atoms with Gasteiger partial charge >= 0.3 is 215 Å². The Morgan fingerprint density at radius 1 is 0.857 bits per heavy atom. The van der Waals surface area contributed by atoms with Crippen LogP contribution in [-0.4, -0.2) is 23.2 Å². The summed E-state index contributed by atoms with van der Waals surface area (Å²) in [5.74, 6) is 1.25. The van der Waals surface area contributed by atoms with Crippen LogP contribution in [0, 0.1) is 0 Å². The van der Waals surface area contributed by atoms with Gasteiger partial charge in [-0.25, -0.2) is 0 Å². The van der Waals surface area contributed by atoms with Crippen molar-refractivity contribution >= 4 is 32.5 Å². The van der Waals surface area contributed by atoms with Gasteiger partial charge in [-0.05, 0) is 0 Å². The summed E-state index contributed by atoms with van der Waals surface area (Å²) in [4.78, 5) is 0. The minimum absolute atomic E-state index is 0. The molecule has 6 rings (SSSR count). The molecule has 0 N–H and O–H groups in total. The first kappa shape index (κ1) is 27.1. The molecule has 0 saturated carbocycles. The van der Waals surface area contributed by atoms with E-state index in [1.54, 1.807) is 46.2 Å². The fourth-order valence-corrected chi connectivity index (χ4v) is 10.9. The number of allylic oxidation sites excluding steroid dienone is 1. The van der Waals surface area contributed by atoms with Crippen molar-refractivity contribution in [3.8, 4) is 11.1 Å². The maximum Gasteiger partial charge on any atom is -1.00 e. The maximum atomic E-state index is 6.26. The molecule has 2 nitrogen and oxygen atoms in total. The number of halogens is 2. The van der Waals surface area contributed by atoms with Crippen LogP contribution in [0.15, 0.2) is 60.7 Å². The van der Waals surface area contributed by atoms with Gasteiger partial charge in [0.15, 0.2) is 0 Å². The van der Waals surface area contributed by atoms with Gasteiger partial charge in [0.2, 0.25) is 0 Å². The molecule has 2 atom stereocenters. The zero-order chi connectivity index (χ0) is 23.1. The molecule has 2 aliphatic carbocycles. The van der Waals surface area contributed by atoms with Crippen LogP contribution in [0.2, 0.25) is 32.7 Å². The van der Waals surface area contributed by atoms with E-state index in [4.69, 9.17) is 9.16 Å². The Bertz CT molecular complexity index is 1350. The molecule has 0 fully saturated rings. The largest absolute Gasteiger partial charge is 1.00 e. The Kier molecular flexibility index (Phi) is 7.29.